The minimum atomic E-state index is -0.0915. The molecule has 2 aromatic heterocycles. The summed E-state index contributed by atoms with van der Waals surface area (Å²) < 4.78 is 12.2. The van der Waals surface area contributed by atoms with Crippen LogP contribution < -0.4 is 5.32 Å². The normalized spacial score (nSPS) is 23.3. The first-order valence-electron chi connectivity index (χ1n) is 10.3. The van der Waals surface area contributed by atoms with Gasteiger partial charge < -0.3 is 19.4 Å². The third kappa shape index (κ3) is 4.60. The summed E-state index contributed by atoms with van der Waals surface area (Å²) in [6.07, 6.45) is 4.14. The zero-order chi connectivity index (χ0) is 21.2. The van der Waals surface area contributed by atoms with Gasteiger partial charge in [-0.1, -0.05) is 29.4 Å². The molecule has 3 atom stereocenters. The lowest BCUT2D eigenvalue weighted by molar-refractivity contribution is 0.0812. The zero-order valence-corrected chi connectivity index (χ0v) is 19.1. The molecule has 5 rings (SSSR count). The van der Waals surface area contributed by atoms with Gasteiger partial charge in [-0.3, -0.25) is 4.98 Å². The van der Waals surface area contributed by atoms with Gasteiger partial charge in [0.15, 0.2) is 10.2 Å². The molecule has 0 saturated carbocycles. The summed E-state index contributed by atoms with van der Waals surface area (Å²) in [6.45, 7) is 1.55. The highest BCUT2D eigenvalue weighted by Gasteiger charge is 2.42. The van der Waals surface area contributed by atoms with Crippen molar-refractivity contribution in [3.8, 4) is 0 Å². The zero-order valence-electron chi connectivity index (χ0n) is 16.7. The second-order valence-electron chi connectivity index (χ2n) is 7.63. The molecule has 0 aliphatic carbocycles. The van der Waals surface area contributed by atoms with Gasteiger partial charge in [0.05, 0.1) is 17.8 Å². The number of ether oxygens (including phenoxy) is 1. The van der Waals surface area contributed by atoms with Gasteiger partial charge in [-0.15, -0.1) is 0 Å². The van der Waals surface area contributed by atoms with Crippen LogP contribution in [0, 0.1) is 0 Å². The fraction of sp³-hybridized carbons (Fsp3) is 0.304. The molecule has 0 bridgehead atoms. The molecule has 2 aliphatic rings. The Kier molecular flexibility index (Phi) is 6.18. The minimum absolute atomic E-state index is 0.0883. The van der Waals surface area contributed by atoms with Crippen molar-refractivity contribution in [2.75, 3.05) is 13.2 Å². The largest absolute Gasteiger partial charge is 0.452 e. The Balaban J connectivity index is 1.43. The van der Waals surface area contributed by atoms with E-state index in [4.69, 9.17) is 33.0 Å². The molecule has 0 unspecified atom stereocenters. The first kappa shape index (κ1) is 20.8. The maximum atomic E-state index is 6.32. The van der Waals surface area contributed by atoms with E-state index in [2.05, 4.69) is 15.2 Å². The van der Waals surface area contributed by atoms with Crippen LogP contribution in [-0.4, -0.2) is 34.3 Å². The molecule has 5 nitrogen and oxygen atoms in total. The Bertz CT molecular complexity index is 1040. The van der Waals surface area contributed by atoms with Crippen LogP contribution in [0.1, 0.15) is 36.4 Å². The molecule has 8 heteroatoms. The van der Waals surface area contributed by atoms with Crippen molar-refractivity contribution < 1.29 is 9.15 Å². The number of pyridine rings is 1. The van der Waals surface area contributed by atoms with Crippen LogP contribution in [0.3, 0.4) is 0 Å². The number of hydrogen-bond donors (Lipinski definition) is 1. The first-order valence-corrected chi connectivity index (χ1v) is 11.9. The number of thiocarbonyl (C=S) groups is 1. The lowest BCUT2D eigenvalue weighted by atomic mass is 10.0. The number of rotatable bonds is 6. The summed E-state index contributed by atoms with van der Waals surface area (Å²) in [7, 11) is 0. The lowest BCUT2D eigenvalue weighted by Crippen LogP contribution is -2.36. The van der Waals surface area contributed by atoms with Gasteiger partial charge in [0.2, 0.25) is 0 Å². The minimum Gasteiger partial charge on any atom is -0.452 e. The number of aromatic nitrogens is 1. The summed E-state index contributed by atoms with van der Waals surface area (Å²) >= 11 is 13.3. The third-order valence-corrected chi connectivity index (χ3v) is 7.08. The SMILES string of the molecule is S=C1N[C@H](c2ccccn2)[C@H](c2ccc(Sc3ccc(Cl)cc3)o2)N1C[C@H]1CCCO1. The van der Waals surface area contributed by atoms with Crippen molar-refractivity contribution in [3.05, 3.63) is 77.3 Å². The topological polar surface area (TPSA) is 50.5 Å². The third-order valence-electron chi connectivity index (χ3n) is 5.55. The van der Waals surface area contributed by atoms with E-state index in [1.807, 2.05) is 60.8 Å². The van der Waals surface area contributed by atoms with E-state index in [1.165, 1.54) is 0 Å². The first-order chi connectivity index (χ1) is 15.2. The predicted molar refractivity (Wildman–Crippen MR) is 125 cm³/mol. The van der Waals surface area contributed by atoms with Gasteiger partial charge >= 0.3 is 0 Å². The van der Waals surface area contributed by atoms with Crippen molar-refractivity contribution in [2.24, 2.45) is 0 Å². The Hall–Kier alpha value is -2.06. The quantitative estimate of drug-likeness (QED) is 0.467. The standard InChI is InChI=1S/C23H22ClN3O2S2/c24-15-6-8-17(9-7-15)31-20-11-10-19(29-20)22-21(18-5-1-2-12-25-18)26-23(30)27(22)14-16-4-3-13-28-16/h1-2,5-12,16,21-22H,3-4,13-14H2,(H,26,30)/t16-,21-,22+/m1/s1. The van der Waals surface area contributed by atoms with Crippen LogP contribution in [0.4, 0.5) is 0 Å². The monoisotopic (exact) mass is 471 g/mol. The summed E-state index contributed by atoms with van der Waals surface area (Å²) in [6, 6.07) is 17.5. The van der Waals surface area contributed by atoms with Gasteiger partial charge in [0, 0.05) is 29.3 Å². The van der Waals surface area contributed by atoms with Gasteiger partial charge in [0.1, 0.15) is 11.8 Å². The molecule has 4 heterocycles. The molecule has 2 saturated heterocycles. The average Bonchev–Trinajstić information content (AvgIpc) is 3.52. The molecule has 0 spiro atoms. The van der Waals surface area contributed by atoms with E-state index in [1.54, 1.807) is 11.8 Å². The smallest absolute Gasteiger partial charge is 0.170 e. The highest BCUT2D eigenvalue weighted by Crippen LogP contribution is 2.41. The number of nitrogens with one attached hydrogen (secondary N) is 1. The summed E-state index contributed by atoms with van der Waals surface area (Å²) in [5, 5.41) is 5.72. The molecule has 1 aromatic carbocycles. The van der Waals surface area contributed by atoms with Crippen LogP contribution in [0.15, 0.2) is 75.2 Å². The van der Waals surface area contributed by atoms with Gasteiger partial charge in [-0.05, 0) is 73.6 Å². The number of nitrogens with zero attached hydrogens (tertiary/aromatic N) is 2. The molecule has 3 aromatic rings. The van der Waals surface area contributed by atoms with Crippen molar-refractivity contribution >= 4 is 40.7 Å². The number of halogens is 1. The van der Waals surface area contributed by atoms with Crippen molar-refractivity contribution in [3.63, 3.8) is 0 Å². The Morgan fingerprint density at radius 1 is 1.16 bits per heavy atom. The van der Waals surface area contributed by atoms with E-state index >= 15 is 0 Å². The fourth-order valence-corrected chi connectivity index (χ4v) is 5.31. The molecule has 160 valence electrons. The highest BCUT2D eigenvalue weighted by atomic mass is 35.5. The Morgan fingerprint density at radius 3 is 2.77 bits per heavy atom. The molecule has 31 heavy (non-hydrogen) atoms. The number of furan rings is 1. The summed E-state index contributed by atoms with van der Waals surface area (Å²) in [5.41, 5.74) is 0.938. The van der Waals surface area contributed by atoms with Crippen LogP contribution in [0.5, 0.6) is 0 Å². The molecule has 2 aliphatic heterocycles. The maximum absolute atomic E-state index is 6.32. The highest BCUT2D eigenvalue weighted by molar-refractivity contribution is 7.99. The molecule has 1 N–H and O–H groups in total. The van der Waals surface area contributed by atoms with Gasteiger partial charge in [-0.2, -0.15) is 0 Å². The Morgan fingerprint density at radius 2 is 2.03 bits per heavy atom. The summed E-state index contributed by atoms with van der Waals surface area (Å²) in [5.74, 6) is 0.859. The van der Waals surface area contributed by atoms with Crippen molar-refractivity contribution in [2.45, 2.75) is 41.0 Å². The molecular formula is C23H22ClN3O2S2. The van der Waals surface area contributed by atoms with Gasteiger partial charge in [-0.25, -0.2) is 0 Å². The summed E-state index contributed by atoms with van der Waals surface area (Å²) in [4.78, 5) is 7.85. The Labute approximate surface area is 196 Å². The fourth-order valence-electron chi connectivity index (χ4n) is 4.09. The molecule has 0 radical (unpaired) electrons. The second-order valence-corrected chi connectivity index (χ2v) is 9.53. The molecule has 2 fully saturated rings. The van der Waals surface area contributed by atoms with Crippen LogP contribution in [0.2, 0.25) is 5.02 Å². The molecular weight excluding hydrogens is 450 g/mol. The average molecular weight is 472 g/mol. The van der Waals surface area contributed by atoms with E-state index in [0.29, 0.717) is 5.11 Å². The number of benzene rings is 1. The molecule has 0 amide bonds. The van der Waals surface area contributed by atoms with Crippen LogP contribution in [-0.2, 0) is 4.74 Å². The van der Waals surface area contributed by atoms with Crippen molar-refractivity contribution in [1.29, 1.82) is 0 Å². The maximum Gasteiger partial charge on any atom is 0.170 e. The van der Waals surface area contributed by atoms with Gasteiger partial charge in [0.25, 0.3) is 0 Å². The predicted octanol–water partition coefficient (Wildman–Crippen LogP) is 5.63. The number of hydrogen-bond acceptors (Lipinski definition) is 5. The van der Waals surface area contributed by atoms with E-state index in [-0.39, 0.29) is 18.2 Å². The van der Waals surface area contributed by atoms with Crippen LogP contribution in [0.25, 0.3) is 0 Å². The van der Waals surface area contributed by atoms with E-state index in [0.717, 1.165) is 52.5 Å². The second kappa shape index (κ2) is 9.20. The van der Waals surface area contributed by atoms with E-state index < -0.39 is 0 Å². The lowest BCUT2D eigenvalue weighted by Gasteiger charge is -2.28. The van der Waals surface area contributed by atoms with E-state index in [9.17, 15) is 0 Å². The van der Waals surface area contributed by atoms with Crippen molar-refractivity contribution in [1.82, 2.24) is 15.2 Å². The van der Waals surface area contributed by atoms with Crippen LogP contribution >= 0.6 is 35.6 Å².